The fraction of sp³-hybridized carbons (Fsp3) is 0.333. The molecule has 2 aromatic rings. The first-order chi connectivity index (χ1) is 12.2. The van der Waals surface area contributed by atoms with Gasteiger partial charge in [0.25, 0.3) is 0 Å². The molecule has 0 radical (unpaired) electrons. The van der Waals surface area contributed by atoms with Crippen LogP contribution in [0.1, 0.15) is 47.5 Å². The molecule has 0 atom stereocenters. The molecule has 138 valence electrons. The van der Waals surface area contributed by atoms with E-state index in [0.29, 0.717) is 0 Å². The number of aromatic amines is 2. The van der Waals surface area contributed by atoms with E-state index in [1.165, 1.54) is 0 Å². The zero-order valence-corrected chi connectivity index (χ0v) is 16.4. The topological polar surface area (TPSA) is 61.0 Å². The van der Waals surface area contributed by atoms with Gasteiger partial charge in [-0.1, -0.05) is 59.8 Å². The lowest BCUT2D eigenvalue weighted by molar-refractivity contribution is 0.956. The molecule has 25 heavy (non-hydrogen) atoms. The highest BCUT2D eigenvalue weighted by molar-refractivity contribution is 5.86. The van der Waals surface area contributed by atoms with Crippen molar-refractivity contribution in [1.29, 1.82) is 0 Å². The van der Waals surface area contributed by atoms with Crippen LogP contribution in [0.5, 0.6) is 0 Å². The van der Waals surface area contributed by atoms with Gasteiger partial charge in [0.15, 0.2) is 0 Å². The van der Waals surface area contributed by atoms with Crippen molar-refractivity contribution in [2.24, 2.45) is 4.99 Å². The Balaban J connectivity index is 0. The van der Waals surface area contributed by atoms with Gasteiger partial charge in [-0.2, -0.15) is 0 Å². The van der Waals surface area contributed by atoms with E-state index in [1.54, 1.807) is 12.3 Å². The number of aliphatic imine (C=N–C) groups is 1. The van der Waals surface area contributed by atoms with Gasteiger partial charge in [0.05, 0.1) is 16.7 Å². The van der Waals surface area contributed by atoms with Crippen LogP contribution in [-0.2, 0) is 0 Å². The Kier molecular flexibility index (Phi) is 16.0. The van der Waals surface area contributed by atoms with Crippen LogP contribution in [0.15, 0.2) is 65.4 Å². The van der Waals surface area contributed by atoms with Gasteiger partial charge in [-0.15, -0.1) is 13.2 Å². The number of hydrogen-bond donors (Lipinski definition) is 2. The molecule has 0 aliphatic carbocycles. The Bertz CT molecular complexity index is 705. The third-order valence-corrected chi connectivity index (χ3v) is 2.77. The summed E-state index contributed by atoms with van der Waals surface area (Å²) < 4.78 is 0. The van der Waals surface area contributed by atoms with Crippen LogP contribution in [0, 0.1) is 0 Å². The first-order valence-corrected chi connectivity index (χ1v) is 8.81. The number of nitrogens with one attached hydrogen (secondary N) is 2. The van der Waals surface area contributed by atoms with Crippen molar-refractivity contribution in [2.75, 3.05) is 0 Å². The lowest BCUT2D eigenvalue weighted by Gasteiger charge is -1.95. The normalized spacial score (nSPS) is 10.0. The fourth-order valence-corrected chi connectivity index (χ4v) is 1.75. The molecule has 1 aromatic carbocycles. The predicted molar refractivity (Wildman–Crippen MR) is 114 cm³/mol. The first kappa shape index (κ1) is 24.6. The first-order valence-electron chi connectivity index (χ1n) is 8.81. The van der Waals surface area contributed by atoms with Crippen molar-refractivity contribution in [3.05, 3.63) is 66.1 Å². The maximum absolute atomic E-state index is 11.2. The van der Waals surface area contributed by atoms with Gasteiger partial charge < -0.3 is 9.97 Å². The van der Waals surface area contributed by atoms with Crippen molar-refractivity contribution < 1.29 is 0 Å². The summed E-state index contributed by atoms with van der Waals surface area (Å²) in [5, 5.41) is 0. The Morgan fingerprint density at radius 3 is 2.28 bits per heavy atom. The molecule has 0 spiro atoms. The summed E-state index contributed by atoms with van der Waals surface area (Å²) in [5.41, 5.74) is 3.15. The SMILES string of the molecule is C=C.C=C/C(C=Nc1ccc2[nH]c(=O)[nH]c2c1)=C\CCC.CC.CC. The second kappa shape index (κ2) is 16.2. The summed E-state index contributed by atoms with van der Waals surface area (Å²) in [4.78, 5) is 21.0. The number of benzene rings is 1. The summed E-state index contributed by atoms with van der Waals surface area (Å²) in [7, 11) is 0. The second-order valence-electron chi connectivity index (χ2n) is 4.26. The molecule has 4 nitrogen and oxygen atoms in total. The number of rotatable bonds is 5. The van der Waals surface area contributed by atoms with Crippen LogP contribution >= 0.6 is 0 Å². The highest BCUT2D eigenvalue weighted by atomic mass is 16.1. The van der Waals surface area contributed by atoms with Crippen LogP contribution in [0.25, 0.3) is 11.0 Å². The quantitative estimate of drug-likeness (QED) is 0.372. The zero-order chi connectivity index (χ0) is 19.7. The number of hydrogen-bond acceptors (Lipinski definition) is 2. The van der Waals surface area contributed by atoms with E-state index >= 15 is 0 Å². The summed E-state index contributed by atoms with van der Waals surface area (Å²) in [5.74, 6) is 0. The number of allylic oxidation sites excluding steroid dienone is 3. The Hall–Kier alpha value is -2.62. The molecule has 0 saturated carbocycles. The van der Waals surface area contributed by atoms with Crippen LogP contribution in [0.3, 0.4) is 0 Å². The molecular formula is C21H33N3O. The van der Waals surface area contributed by atoms with Gasteiger partial charge in [0.2, 0.25) is 0 Å². The Morgan fingerprint density at radius 2 is 1.72 bits per heavy atom. The largest absolute Gasteiger partial charge is 0.323 e. The smallest absolute Gasteiger partial charge is 0.306 e. The molecule has 0 bridgehead atoms. The molecule has 0 fully saturated rings. The molecule has 1 heterocycles. The zero-order valence-electron chi connectivity index (χ0n) is 16.4. The average Bonchev–Trinajstić information content (AvgIpc) is 3.06. The molecule has 0 aliphatic rings. The molecule has 0 aliphatic heterocycles. The summed E-state index contributed by atoms with van der Waals surface area (Å²) in [6.45, 7) is 19.9. The predicted octanol–water partition coefficient (Wildman–Crippen LogP) is 6.33. The number of H-pyrrole nitrogens is 2. The second-order valence-corrected chi connectivity index (χ2v) is 4.26. The number of aromatic nitrogens is 2. The van der Waals surface area contributed by atoms with Crippen molar-refractivity contribution in [1.82, 2.24) is 9.97 Å². The maximum atomic E-state index is 11.2. The third-order valence-electron chi connectivity index (χ3n) is 2.77. The lowest BCUT2D eigenvalue weighted by Crippen LogP contribution is -1.99. The average molecular weight is 344 g/mol. The number of imidazole rings is 1. The van der Waals surface area contributed by atoms with Gasteiger partial charge in [-0.25, -0.2) is 4.79 Å². The monoisotopic (exact) mass is 343 g/mol. The molecule has 0 saturated heterocycles. The number of unbranched alkanes of at least 4 members (excludes halogenated alkanes) is 1. The Morgan fingerprint density at radius 1 is 1.12 bits per heavy atom. The standard InChI is InChI=1S/C15H17N3O.2C2H6.C2H4/c1-3-5-6-11(4-2)10-16-12-7-8-13-14(9-12)18-15(19)17-13;3*1-2/h4,6-10H,2-3,5H2,1H3,(H2,17,18,19);2*1-2H3;1-2H2/b11-6+,16-10?;;;. The van der Waals surface area contributed by atoms with Crippen LogP contribution in [0.4, 0.5) is 5.69 Å². The van der Waals surface area contributed by atoms with E-state index in [2.05, 4.69) is 47.7 Å². The molecular weight excluding hydrogens is 310 g/mol. The molecule has 0 unspecified atom stereocenters. The lowest BCUT2D eigenvalue weighted by atomic mass is 10.2. The van der Waals surface area contributed by atoms with E-state index in [4.69, 9.17) is 0 Å². The van der Waals surface area contributed by atoms with Crippen LogP contribution in [-0.4, -0.2) is 16.2 Å². The van der Waals surface area contributed by atoms with Gasteiger partial charge >= 0.3 is 5.69 Å². The van der Waals surface area contributed by atoms with Gasteiger partial charge in [0, 0.05) is 6.21 Å². The maximum Gasteiger partial charge on any atom is 0.323 e. The number of nitrogens with zero attached hydrogens (tertiary/aromatic N) is 1. The van der Waals surface area contributed by atoms with Gasteiger partial charge in [-0.3, -0.25) is 4.99 Å². The minimum absolute atomic E-state index is 0.203. The molecule has 4 heteroatoms. The minimum atomic E-state index is -0.203. The molecule has 2 N–H and O–H groups in total. The molecule has 2 rings (SSSR count). The summed E-state index contributed by atoms with van der Waals surface area (Å²) in [6.07, 6.45) is 7.79. The third kappa shape index (κ3) is 9.30. The van der Waals surface area contributed by atoms with Crippen molar-refractivity contribution in [3.8, 4) is 0 Å². The highest BCUT2D eigenvalue weighted by Crippen LogP contribution is 2.17. The van der Waals surface area contributed by atoms with Crippen molar-refractivity contribution >= 4 is 22.9 Å². The van der Waals surface area contributed by atoms with E-state index in [1.807, 2.05) is 45.9 Å². The summed E-state index contributed by atoms with van der Waals surface area (Å²) >= 11 is 0. The minimum Gasteiger partial charge on any atom is -0.306 e. The van der Waals surface area contributed by atoms with Crippen LogP contribution < -0.4 is 5.69 Å². The molecule has 0 amide bonds. The Labute approximate surface area is 152 Å². The van der Waals surface area contributed by atoms with Gasteiger partial charge in [-0.05, 0) is 30.2 Å². The van der Waals surface area contributed by atoms with Crippen LogP contribution in [0.2, 0.25) is 0 Å². The fourth-order valence-electron chi connectivity index (χ4n) is 1.75. The van der Waals surface area contributed by atoms with Gasteiger partial charge in [0.1, 0.15) is 0 Å². The van der Waals surface area contributed by atoms with Crippen molar-refractivity contribution in [3.63, 3.8) is 0 Å². The number of fused-ring (bicyclic) bond motifs is 1. The van der Waals surface area contributed by atoms with E-state index in [0.717, 1.165) is 35.1 Å². The van der Waals surface area contributed by atoms with Crippen molar-refractivity contribution in [2.45, 2.75) is 47.5 Å². The summed E-state index contributed by atoms with van der Waals surface area (Å²) in [6, 6.07) is 5.54. The highest BCUT2D eigenvalue weighted by Gasteiger charge is 1.98. The van der Waals surface area contributed by atoms with E-state index in [9.17, 15) is 4.79 Å². The van der Waals surface area contributed by atoms with E-state index in [-0.39, 0.29) is 5.69 Å². The van der Waals surface area contributed by atoms with E-state index < -0.39 is 0 Å². The molecule has 1 aromatic heterocycles.